The molecule has 624 valence electrons. The fourth-order valence-corrected chi connectivity index (χ4v) is 17.9. The SMILES string of the molecule is CCCCC1=NC2(CCCC2)C(=O)N1Cc1ccc(-c2cc(-c3cccc(C(F)(F)F)n3)ccc2-c2cn[nH]n2)cc1.CCCCC1=NC2(CCCC2)C(=O)N1Cc1ccc(-c2cc(-c3cccc(C)c3F)ccc2-c2noc(=O)[nH]2)cc1.CCCCC1=NC2(CCCC2)C(=O)N1Cc1ccc(-c2cc(-c3ccccc3)ccc2C2=NOC(=O)C2)cc1. The third-order valence-corrected chi connectivity index (χ3v) is 24.5. The third-order valence-electron chi connectivity index (χ3n) is 24.5. The van der Waals surface area contributed by atoms with Gasteiger partial charge in [0.15, 0.2) is 5.82 Å². The number of rotatable bonds is 24. The summed E-state index contributed by atoms with van der Waals surface area (Å²) in [7, 11) is 0. The molecule has 3 spiro atoms. The Labute approximate surface area is 705 Å². The molecule has 0 saturated heterocycles. The van der Waals surface area contributed by atoms with Crippen molar-refractivity contribution in [2.45, 2.75) is 211 Å². The topological polar surface area (TPSA) is 250 Å². The summed E-state index contributed by atoms with van der Waals surface area (Å²) in [6.07, 6.45) is 17.2. The molecule has 11 aromatic rings. The molecule has 18 rings (SSSR count). The number of aryl methyl sites for hydroxylation is 1. The van der Waals surface area contributed by atoms with E-state index in [1.807, 2.05) is 124 Å². The minimum absolute atomic E-state index is 0.116. The second-order valence-electron chi connectivity index (χ2n) is 32.8. The maximum Gasteiger partial charge on any atom is 0.439 e. The number of hydrogen-bond donors (Lipinski definition) is 2. The van der Waals surface area contributed by atoms with Gasteiger partial charge >= 0.3 is 17.9 Å². The summed E-state index contributed by atoms with van der Waals surface area (Å²) in [5.74, 6) is 2.22. The number of carbonyl (C=O) groups excluding carboxylic acids is 4. The number of aromatic amines is 2. The van der Waals surface area contributed by atoms with Crippen molar-refractivity contribution in [2.75, 3.05) is 0 Å². The van der Waals surface area contributed by atoms with Gasteiger partial charge in [-0.15, -0.1) is 0 Å². The fraction of sp³-hybridized carbons (Fsp3) is 0.337. The Morgan fingerprint density at radius 3 is 1.37 bits per heavy atom. The highest BCUT2D eigenvalue weighted by Gasteiger charge is 2.52. The van der Waals surface area contributed by atoms with E-state index in [1.54, 1.807) is 37.4 Å². The van der Waals surface area contributed by atoms with Gasteiger partial charge in [0, 0.05) is 47.1 Å². The first kappa shape index (κ1) is 82.9. The Bertz CT molecular complexity index is 5880. The fourth-order valence-electron chi connectivity index (χ4n) is 17.9. The van der Waals surface area contributed by atoms with Crippen LogP contribution in [0.4, 0.5) is 17.6 Å². The van der Waals surface area contributed by atoms with E-state index in [-0.39, 0.29) is 41.6 Å². The Morgan fingerprint density at radius 1 is 0.451 bits per heavy atom. The first-order chi connectivity index (χ1) is 59.2. The van der Waals surface area contributed by atoms with E-state index >= 15 is 4.39 Å². The van der Waals surface area contributed by atoms with E-state index in [1.165, 1.54) is 6.07 Å². The molecule has 0 atom stereocenters. The molecule has 3 aliphatic carbocycles. The van der Waals surface area contributed by atoms with Gasteiger partial charge in [0.1, 0.15) is 51.3 Å². The lowest BCUT2D eigenvalue weighted by molar-refractivity contribution is -0.141. The lowest BCUT2D eigenvalue weighted by Crippen LogP contribution is -2.40. The van der Waals surface area contributed by atoms with Crippen LogP contribution in [0, 0.1) is 12.7 Å². The smallest absolute Gasteiger partial charge is 0.318 e. The van der Waals surface area contributed by atoms with E-state index in [2.05, 4.69) is 105 Å². The predicted octanol–water partition coefficient (Wildman–Crippen LogP) is 21.4. The van der Waals surface area contributed by atoms with Crippen LogP contribution in [0.2, 0.25) is 0 Å². The van der Waals surface area contributed by atoms with Crippen molar-refractivity contribution in [3.05, 3.63) is 250 Å². The first-order valence-electron chi connectivity index (χ1n) is 42.7. The third kappa shape index (κ3) is 17.5. The quantitative estimate of drug-likeness (QED) is 0.0425. The number of aliphatic imine (C=N–C) groups is 3. The molecule has 8 aromatic carbocycles. The first-order valence-corrected chi connectivity index (χ1v) is 42.7. The molecule has 3 aromatic heterocycles. The molecule has 20 nitrogen and oxygen atoms in total. The number of unbranched alkanes of at least 4 members (excludes halogenated alkanes) is 3. The van der Waals surface area contributed by atoms with Gasteiger partial charge in [0.25, 0.3) is 17.7 Å². The Hall–Kier alpha value is -12.7. The van der Waals surface area contributed by atoms with E-state index in [4.69, 9.17) is 24.3 Å². The number of halogens is 4. The van der Waals surface area contributed by atoms with Crippen molar-refractivity contribution in [2.24, 2.45) is 20.1 Å². The van der Waals surface area contributed by atoms with Gasteiger partial charge in [-0.05, 0) is 173 Å². The molecule has 0 bridgehead atoms. The summed E-state index contributed by atoms with van der Waals surface area (Å²) in [6, 6.07) is 60.8. The van der Waals surface area contributed by atoms with Crippen molar-refractivity contribution in [1.82, 2.24) is 45.2 Å². The van der Waals surface area contributed by atoms with E-state index in [0.29, 0.717) is 64.7 Å². The van der Waals surface area contributed by atoms with Gasteiger partial charge in [-0.3, -0.25) is 53.6 Å². The molecule has 2 N–H and O–H groups in total. The number of carbonyl (C=O) groups is 4. The molecule has 3 amide bonds. The monoisotopic (exact) mass is 1640 g/mol. The van der Waals surface area contributed by atoms with Crippen LogP contribution in [0.5, 0.6) is 0 Å². The number of benzene rings is 8. The molecule has 24 heteroatoms. The van der Waals surface area contributed by atoms with Gasteiger partial charge < -0.3 is 4.84 Å². The lowest BCUT2D eigenvalue weighted by atomic mass is 9.91. The van der Waals surface area contributed by atoms with Crippen molar-refractivity contribution >= 4 is 46.9 Å². The minimum atomic E-state index is -4.54. The highest BCUT2D eigenvalue weighted by molar-refractivity contribution is 6.15. The zero-order chi connectivity index (χ0) is 84.7. The van der Waals surface area contributed by atoms with E-state index in [0.717, 1.165) is 231 Å². The predicted molar refractivity (Wildman–Crippen MR) is 464 cm³/mol. The number of alkyl halides is 3. The second kappa shape index (κ2) is 35.9. The van der Waals surface area contributed by atoms with E-state index in [9.17, 15) is 37.1 Å². The number of pyridine rings is 1. The van der Waals surface area contributed by atoms with Gasteiger partial charge in [0.2, 0.25) is 0 Å². The molecular weight excluding hydrogens is 1550 g/mol. The van der Waals surface area contributed by atoms with Gasteiger partial charge in [0.05, 0.1) is 43.7 Å². The van der Waals surface area contributed by atoms with Crippen molar-refractivity contribution in [3.8, 4) is 89.5 Å². The van der Waals surface area contributed by atoms with Crippen LogP contribution >= 0.6 is 0 Å². The van der Waals surface area contributed by atoms with Crippen LogP contribution in [0.25, 0.3) is 89.5 Å². The summed E-state index contributed by atoms with van der Waals surface area (Å²) in [5.41, 5.74) is 14.1. The second-order valence-corrected chi connectivity index (χ2v) is 32.8. The van der Waals surface area contributed by atoms with E-state index < -0.39 is 34.2 Å². The number of oxime groups is 1. The summed E-state index contributed by atoms with van der Waals surface area (Å²) >= 11 is 0. The van der Waals surface area contributed by atoms with Crippen LogP contribution in [0.3, 0.4) is 0 Å². The molecular formula is C98H97F4N13O7. The van der Waals surface area contributed by atoms with Gasteiger partial charge in [-0.2, -0.15) is 28.6 Å². The van der Waals surface area contributed by atoms with Crippen LogP contribution in [0.1, 0.15) is 196 Å². The molecule has 7 heterocycles. The maximum absolute atomic E-state index is 15.0. The standard InChI is InChI=1S/C33H33FN4O3.C33H33N3O3.C32H31F3N6O/c1-3-4-10-28-36-33(17-5-6-18-33)31(39)38(28)20-22-11-13-23(14-12-22)27-19-24(25-9-7-8-21(2)29(25)34)15-16-26(27)30-35-32(40)41-37-30;1-2-3-11-30-34-33(18-7-8-19-33)32(38)36(30)22-23-12-14-25(15-13-23)28-20-26(24-9-5-4-6-10-24)16-17-27(28)29-21-31(37)39-35-29;1-2-3-9-29-38-31(16-4-5-17-31)30(42)41(29)20-21-10-12-22(13-11-21)25-18-23(14-15-24(25)27-19-36-40-39-27)26-7-6-8-28(37-26)32(33,34)35/h7-9,11-16,19H,3-6,10,17-18,20H2,1-2H3,(H,35,37,40);4-6,9-10,12-17,20H,2-3,7-8,11,18-19,21-22H2,1H3;6-8,10-15,18-19H,2-5,9,16-17,20H2,1H3,(H,36,39,40). The Morgan fingerprint density at radius 2 is 0.902 bits per heavy atom. The lowest BCUT2D eigenvalue weighted by Gasteiger charge is -2.23. The average Bonchev–Trinajstić information content (AvgIpc) is 1.69. The van der Waals surface area contributed by atoms with Crippen molar-refractivity contribution in [3.63, 3.8) is 0 Å². The summed E-state index contributed by atoms with van der Waals surface area (Å²) in [5, 5.41) is 18.7. The van der Waals surface area contributed by atoms with Crippen LogP contribution in [-0.4, -0.2) is 109 Å². The molecule has 0 radical (unpaired) electrons. The molecule has 3 fully saturated rings. The molecule has 4 aliphatic heterocycles. The van der Waals surface area contributed by atoms with Crippen LogP contribution in [0.15, 0.2) is 230 Å². The Balaban J connectivity index is 0.000000136. The highest BCUT2D eigenvalue weighted by atomic mass is 19.4. The Kier molecular flexibility index (Phi) is 24.4. The largest absolute Gasteiger partial charge is 0.439 e. The number of hydrogen-bond acceptors (Lipinski definition) is 15. The number of nitrogens with one attached hydrogen (secondary N) is 2. The zero-order valence-electron chi connectivity index (χ0n) is 69.0. The van der Waals surface area contributed by atoms with Crippen LogP contribution < -0.4 is 5.76 Å². The molecule has 0 unspecified atom stereocenters. The van der Waals surface area contributed by atoms with Crippen molar-refractivity contribution in [1.29, 1.82) is 0 Å². The van der Waals surface area contributed by atoms with Crippen molar-refractivity contribution < 1.29 is 46.1 Å². The molecule has 7 aliphatic rings. The van der Waals surface area contributed by atoms with Gasteiger partial charge in [-0.1, -0.05) is 247 Å². The minimum Gasteiger partial charge on any atom is -0.318 e. The maximum atomic E-state index is 15.0. The number of aromatic nitrogens is 6. The number of nitrogens with zero attached hydrogens (tertiary/aromatic N) is 11. The summed E-state index contributed by atoms with van der Waals surface area (Å²) in [6.45, 7) is 9.66. The number of amidine groups is 3. The zero-order valence-corrected chi connectivity index (χ0v) is 69.0. The summed E-state index contributed by atoms with van der Waals surface area (Å²) in [4.78, 5) is 96.3. The molecule has 3 saturated carbocycles. The average molecular weight is 1640 g/mol. The normalized spacial score (nSPS) is 16.8. The van der Waals surface area contributed by atoms with Crippen LogP contribution in [-0.2, 0) is 49.8 Å². The molecule has 122 heavy (non-hydrogen) atoms. The summed E-state index contributed by atoms with van der Waals surface area (Å²) < 4.78 is 59.8. The van der Waals surface area contributed by atoms with Gasteiger partial charge in [-0.25, -0.2) is 19.0 Å². The number of H-pyrrole nitrogens is 2. The number of amides is 3. The highest BCUT2D eigenvalue weighted by Crippen LogP contribution is 2.46.